The van der Waals surface area contributed by atoms with E-state index in [0.29, 0.717) is 17.2 Å². The Morgan fingerprint density at radius 3 is 2.72 bits per heavy atom. The number of carbonyl (C=O) groups is 1. The Morgan fingerprint density at radius 1 is 1.07 bits per heavy atom. The van der Waals surface area contributed by atoms with Crippen molar-refractivity contribution in [2.24, 2.45) is 0 Å². The molecule has 1 aliphatic rings. The van der Waals surface area contributed by atoms with Crippen LogP contribution in [0, 0.1) is 0 Å². The molecular formula is C19H14F3N3O4. The fourth-order valence-electron chi connectivity index (χ4n) is 2.72. The molecule has 29 heavy (non-hydrogen) atoms. The van der Waals surface area contributed by atoms with Crippen LogP contribution in [-0.2, 0) is 17.4 Å². The Hall–Kier alpha value is -3.56. The highest BCUT2D eigenvalue weighted by Gasteiger charge is 2.30. The predicted molar refractivity (Wildman–Crippen MR) is 94.3 cm³/mol. The maximum atomic E-state index is 12.8. The zero-order chi connectivity index (χ0) is 20.4. The Labute approximate surface area is 162 Å². The Balaban J connectivity index is 1.36. The first-order chi connectivity index (χ1) is 13.9. The average molecular weight is 405 g/mol. The Morgan fingerprint density at radius 2 is 1.90 bits per heavy atom. The van der Waals surface area contributed by atoms with Crippen molar-refractivity contribution < 1.29 is 31.9 Å². The number of aromatic nitrogens is 2. The van der Waals surface area contributed by atoms with E-state index < -0.39 is 11.7 Å². The fraction of sp³-hybridized carbons (Fsp3) is 0.211. The second-order valence-corrected chi connectivity index (χ2v) is 6.20. The second-order valence-electron chi connectivity index (χ2n) is 6.20. The van der Waals surface area contributed by atoms with Gasteiger partial charge in [0.15, 0.2) is 11.5 Å². The number of halogens is 3. The molecule has 2 heterocycles. The van der Waals surface area contributed by atoms with Gasteiger partial charge < -0.3 is 19.2 Å². The van der Waals surface area contributed by atoms with Gasteiger partial charge in [0.2, 0.25) is 24.5 Å². The minimum absolute atomic E-state index is 0.0396. The van der Waals surface area contributed by atoms with Crippen molar-refractivity contribution in [1.82, 2.24) is 10.2 Å². The number of hydrogen-bond donors (Lipinski definition) is 1. The van der Waals surface area contributed by atoms with Gasteiger partial charge in [0, 0.05) is 30.2 Å². The summed E-state index contributed by atoms with van der Waals surface area (Å²) in [4.78, 5) is 12.1. The number of rotatable bonds is 5. The first-order valence-corrected chi connectivity index (χ1v) is 8.58. The molecule has 0 bridgehead atoms. The van der Waals surface area contributed by atoms with Crippen LogP contribution in [0.5, 0.6) is 11.5 Å². The van der Waals surface area contributed by atoms with Gasteiger partial charge in [0.25, 0.3) is 0 Å². The number of amides is 1. The quantitative estimate of drug-likeness (QED) is 0.689. The van der Waals surface area contributed by atoms with E-state index in [1.165, 1.54) is 12.1 Å². The number of nitrogens with zero attached hydrogens (tertiary/aromatic N) is 2. The lowest BCUT2D eigenvalue weighted by molar-refractivity contribution is -0.137. The Bertz CT molecular complexity index is 1050. The Kier molecular flexibility index (Phi) is 4.83. The molecule has 4 rings (SSSR count). The third-order valence-corrected chi connectivity index (χ3v) is 4.13. The number of hydrogen-bond acceptors (Lipinski definition) is 6. The lowest BCUT2D eigenvalue weighted by atomic mass is 10.1. The maximum absolute atomic E-state index is 12.8. The first-order valence-electron chi connectivity index (χ1n) is 8.58. The van der Waals surface area contributed by atoms with E-state index in [-0.39, 0.29) is 42.9 Å². The highest BCUT2D eigenvalue weighted by atomic mass is 19.4. The van der Waals surface area contributed by atoms with Crippen LogP contribution in [0.3, 0.4) is 0 Å². The molecular weight excluding hydrogens is 391 g/mol. The number of carbonyl (C=O) groups excluding carboxylic acids is 1. The molecule has 1 N–H and O–H groups in total. The minimum atomic E-state index is -4.47. The summed E-state index contributed by atoms with van der Waals surface area (Å²) in [5.41, 5.74) is -0.101. The van der Waals surface area contributed by atoms with Crippen molar-refractivity contribution in [1.29, 1.82) is 0 Å². The summed E-state index contributed by atoms with van der Waals surface area (Å²) >= 11 is 0. The van der Waals surface area contributed by atoms with Crippen LogP contribution >= 0.6 is 0 Å². The van der Waals surface area contributed by atoms with Crippen molar-refractivity contribution in [2.75, 3.05) is 12.1 Å². The standard InChI is InChI=1S/C19H14F3N3O4/c20-19(21,22)12-3-1-2-11(8-12)18-25-24-17(29-18)7-6-16(26)23-13-4-5-14-15(9-13)28-10-27-14/h1-5,8-9H,6-7,10H2,(H,23,26). The molecule has 0 unspecified atom stereocenters. The van der Waals surface area contributed by atoms with Gasteiger partial charge in [-0.05, 0) is 30.3 Å². The van der Waals surface area contributed by atoms with Gasteiger partial charge >= 0.3 is 6.18 Å². The predicted octanol–water partition coefficient (Wildman–Crippen LogP) is 4.06. The molecule has 0 radical (unpaired) electrons. The number of alkyl halides is 3. The number of aryl methyl sites for hydroxylation is 1. The SMILES string of the molecule is O=C(CCc1nnc(-c2cccc(C(F)(F)F)c2)o1)Nc1ccc2c(c1)OCO2. The number of nitrogens with one attached hydrogen (secondary N) is 1. The lowest BCUT2D eigenvalue weighted by Crippen LogP contribution is -2.12. The molecule has 2 aromatic carbocycles. The molecule has 1 aromatic heterocycles. The molecule has 7 nitrogen and oxygen atoms in total. The maximum Gasteiger partial charge on any atom is 0.416 e. The van der Waals surface area contributed by atoms with Crippen LogP contribution in [0.1, 0.15) is 17.9 Å². The number of benzene rings is 2. The van der Waals surface area contributed by atoms with Gasteiger partial charge in [-0.25, -0.2) is 0 Å². The van der Waals surface area contributed by atoms with Crippen molar-refractivity contribution in [3.05, 3.63) is 53.9 Å². The number of ether oxygens (including phenoxy) is 2. The average Bonchev–Trinajstić information content (AvgIpc) is 3.35. The van der Waals surface area contributed by atoms with E-state index >= 15 is 0 Å². The van der Waals surface area contributed by atoms with Crippen molar-refractivity contribution in [3.63, 3.8) is 0 Å². The fourth-order valence-corrected chi connectivity index (χ4v) is 2.72. The van der Waals surface area contributed by atoms with Crippen molar-refractivity contribution in [3.8, 4) is 23.0 Å². The molecule has 150 valence electrons. The molecule has 0 aliphatic carbocycles. The summed E-state index contributed by atoms with van der Waals surface area (Å²) in [6.07, 6.45) is -4.27. The van der Waals surface area contributed by atoms with E-state index in [1.807, 2.05) is 0 Å². The minimum Gasteiger partial charge on any atom is -0.454 e. The van der Waals surface area contributed by atoms with Crippen LogP contribution < -0.4 is 14.8 Å². The number of fused-ring (bicyclic) bond motifs is 1. The van der Waals surface area contributed by atoms with Gasteiger partial charge in [-0.3, -0.25) is 4.79 Å². The van der Waals surface area contributed by atoms with Gasteiger partial charge in [-0.2, -0.15) is 13.2 Å². The third-order valence-electron chi connectivity index (χ3n) is 4.13. The topological polar surface area (TPSA) is 86.5 Å². The van der Waals surface area contributed by atoms with Crippen molar-refractivity contribution >= 4 is 11.6 Å². The molecule has 10 heteroatoms. The van der Waals surface area contributed by atoms with Crippen LogP contribution in [0.15, 0.2) is 46.9 Å². The number of anilines is 1. The normalized spacial score (nSPS) is 12.8. The van der Waals surface area contributed by atoms with Gasteiger partial charge in [-0.1, -0.05) is 6.07 Å². The molecule has 1 aliphatic heterocycles. The third kappa shape index (κ3) is 4.31. The highest BCUT2D eigenvalue weighted by Crippen LogP contribution is 2.34. The second kappa shape index (κ2) is 7.46. The zero-order valence-electron chi connectivity index (χ0n) is 14.8. The highest BCUT2D eigenvalue weighted by molar-refractivity contribution is 5.91. The first kappa shape index (κ1) is 18.8. The largest absolute Gasteiger partial charge is 0.454 e. The molecule has 0 saturated carbocycles. The zero-order valence-corrected chi connectivity index (χ0v) is 14.8. The lowest BCUT2D eigenvalue weighted by Gasteiger charge is -2.06. The van der Waals surface area contributed by atoms with Gasteiger partial charge in [-0.15, -0.1) is 10.2 Å². The summed E-state index contributed by atoms with van der Waals surface area (Å²) in [6.45, 7) is 0.137. The van der Waals surface area contributed by atoms with E-state index in [2.05, 4.69) is 15.5 Å². The van der Waals surface area contributed by atoms with Gasteiger partial charge in [0.1, 0.15) is 0 Å². The van der Waals surface area contributed by atoms with Crippen LogP contribution in [0.4, 0.5) is 18.9 Å². The van der Waals surface area contributed by atoms with Crippen LogP contribution in [0.25, 0.3) is 11.5 Å². The van der Waals surface area contributed by atoms with Crippen LogP contribution in [0.2, 0.25) is 0 Å². The molecule has 3 aromatic rings. The molecule has 0 atom stereocenters. The summed E-state index contributed by atoms with van der Waals surface area (Å²) in [6, 6.07) is 9.63. The van der Waals surface area contributed by atoms with E-state index in [4.69, 9.17) is 13.9 Å². The molecule has 0 saturated heterocycles. The summed E-state index contributed by atoms with van der Waals surface area (Å²) < 4.78 is 54.3. The molecule has 0 spiro atoms. The van der Waals surface area contributed by atoms with E-state index in [0.717, 1.165) is 12.1 Å². The summed E-state index contributed by atoms with van der Waals surface area (Å²) in [5.74, 6) is 0.977. The molecule has 0 fully saturated rings. The van der Waals surface area contributed by atoms with E-state index in [1.54, 1.807) is 18.2 Å². The van der Waals surface area contributed by atoms with Crippen LogP contribution in [-0.4, -0.2) is 22.9 Å². The smallest absolute Gasteiger partial charge is 0.416 e. The van der Waals surface area contributed by atoms with E-state index in [9.17, 15) is 18.0 Å². The summed E-state index contributed by atoms with van der Waals surface area (Å²) in [7, 11) is 0. The molecule has 1 amide bonds. The monoisotopic (exact) mass is 405 g/mol. The van der Waals surface area contributed by atoms with Crippen molar-refractivity contribution in [2.45, 2.75) is 19.0 Å². The summed E-state index contributed by atoms with van der Waals surface area (Å²) in [5, 5.41) is 10.3. The van der Waals surface area contributed by atoms with Gasteiger partial charge in [0.05, 0.1) is 5.56 Å².